The Hall–Kier alpha value is -2.42. The molecule has 0 saturated heterocycles. The number of nitrogens with one attached hydrogen (secondary N) is 1. The summed E-state index contributed by atoms with van der Waals surface area (Å²) in [5, 5.41) is 9.21. The first-order valence-corrected chi connectivity index (χ1v) is 11.5. The summed E-state index contributed by atoms with van der Waals surface area (Å²) in [5.41, 5.74) is 3.55. The van der Waals surface area contributed by atoms with Gasteiger partial charge in [-0.3, -0.25) is 0 Å². The Morgan fingerprint density at radius 2 is 1.93 bits per heavy atom. The molecule has 0 amide bonds. The van der Waals surface area contributed by atoms with Crippen molar-refractivity contribution in [1.82, 2.24) is 14.6 Å². The lowest BCUT2D eigenvalue weighted by molar-refractivity contribution is 0.601. The van der Waals surface area contributed by atoms with Crippen LogP contribution in [0, 0.1) is 6.92 Å². The molecule has 0 fully saturated rings. The van der Waals surface area contributed by atoms with Crippen molar-refractivity contribution in [3.05, 3.63) is 64.8 Å². The van der Waals surface area contributed by atoms with E-state index in [1.807, 2.05) is 42.6 Å². The lowest BCUT2D eigenvalue weighted by Crippen LogP contribution is -2.03. The maximum Gasteiger partial charge on any atom is 0.214 e. The van der Waals surface area contributed by atoms with Crippen molar-refractivity contribution in [2.24, 2.45) is 0 Å². The van der Waals surface area contributed by atoms with E-state index in [1.165, 1.54) is 17.6 Å². The molecule has 9 heteroatoms. The van der Waals surface area contributed by atoms with Gasteiger partial charge in [-0.25, -0.2) is 17.9 Å². The Morgan fingerprint density at radius 1 is 1.18 bits per heavy atom. The third kappa shape index (κ3) is 3.89. The van der Waals surface area contributed by atoms with E-state index in [-0.39, 0.29) is 0 Å². The average Bonchev–Trinajstić information content (AvgIpc) is 3.18. The molecule has 4 rings (SSSR count). The van der Waals surface area contributed by atoms with E-state index in [0.29, 0.717) is 16.5 Å². The molecule has 2 heterocycles. The number of sulfone groups is 1. The van der Waals surface area contributed by atoms with Crippen LogP contribution in [0.1, 0.15) is 11.1 Å². The lowest BCUT2D eigenvalue weighted by atomic mass is 10.1. The zero-order valence-electron chi connectivity index (χ0n) is 15.2. The summed E-state index contributed by atoms with van der Waals surface area (Å²) in [6.07, 6.45) is 3.10. The molecule has 0 aliphatic carbocycles. The second kappa shape index (κ2) is 7.20. The highest BCUT2D eigenvalue weighted by Crippen LogP contribution is 2.26. The van der Waals surface area contributed by atoms with Gasteiger partial charge in [0.05, 0.1) is 16.8 Å². The number of imidazole rings is 1. The average molecular weight is 433 g/mol. The summed E-state index contributed by atoms with van der Waals surface area (Å²) < 4.78 is 25.2. The summed E-state index contributed by atoms with van der Waals surface area (Å²) >= 11 is 7.38. The Balaban J connectivity index is 1.49. The Morgan fingerprint density at radius 3 is 2.57 bits per heavy atom. The summed E-state index contributed by atoms with van der Waals surface area (Å²) in [7, 11) is -3.21. The van der Waals surface area contributed by atoms with Gasteiger partial charge in [-0.05, 0) is 36.2 Å². The maximum atomic E-state index is 11.7. The van der Waals surface area contributed by atoms with E-state index in [4.69, 9.17) is 11.6 Å². The first-order chi connectivity index (χ1) is 13.3. The van der Waals surface area contributed by atoms with E-state index in [9.17, 15) is 8.42 Å². The number of hydrogen-bond donors (Lipinski definition) is 1. The molecule has 0 aliphatic heterocycles. The molecule has 0 radical (unpaired) electrons. The van der Waals surface area contributed by atoms with Crippen LogP contribution in [-0.4, -0.2) is 29.3 Å². The molecule has 2 aromatic heterocycles. The molecule has 0 saturated carbocycles. The largest absolute Gasteiger partial charge is 0.356 e. The minimum Gasteiger partial charge on any atom is -0.356 e. The van der Waals surface area contributed by atoms with Crippen LogP contribution < -0.4 is 5.32 Å². The van der Waals surface area contributed by atoms with E-state index in [1.54, 1.807) is 17.5 Å². The van der Waals surface area contributed by atoms with E-state index >= 15 is 0 Å². The minimum atomic E-state index is -3.21. The topological polar surface area (TPSA) is 76.4 Å². The predicted octanol–water partition coefficient (Wildman–Crippen LogP) is 4.44. The Labute approximate surface area is 171 Å². The second-order valence-electron chi connectivity index (χ2n) is 6.49. The second-order valence-corrected chi connectivity index (χ2v) is 9.87. The number of hydrogen-bond acceptors (Lipinski definition) is 6. The summed E-state index contributed by atoms with van der Waals surface area (Å²) in [6, 6.07) is 12.9. The quantitative estimate of drug-likeness (QED) is 0.504. The number of nitrogens with zero attached hydrogens (tertiary/aromatic N) is 3. The number of benzene rings is 2. The Kier molecular flexibility index (Phi) is 4.86. The summed E-state index contributed by atoms with van der Waals surface area (Å²) in [4.78, 5) is 5.76. The molecule has 144 valence electrons. The smallest absolute Gasteiger partial charge is 0.214 e. The van der Waals surface area contributed by atoms with Crippen LogP contribution in [0.15, 0.2) is 53.6 Å². The zero-order chi connectivity index (χ0) is 19.9. The fraction of sp³-hybridized carbons (Fsp3) is 0.158. The fourth-order valence-electron chi connectivity index (χ4n) is 2.95. The molecule has 28 heavy (non-hydrogen) atoms. The van der Waals surface area contributed by atoms with Gasteiger partial charge >= 0.3 is 0 Å². The van der Waals surface area contributed by atoms with Crippen LogP contribution in [0.3, 0.4) is 0 Å². The van der Waals surface area contributed by atoms with Crippen molar-refractivity contribution in [2.75, 3.05) is 11.6 Å². The summed E-state index contributed by atoms with van der Waals surface area (Å²) in [5.74, 6) is 0. The number of anilines is 1. The highest BCUT2D eigenvalue weighted by atomic mass is 35.5. The minimum absolute atomic E-state index is 0.360. The van der Waals surface area contributed by atoms with Crippen molar-refractivity contribution in [3.8, 4) is 11.3 Å². The zero-order valence-corrected chi connectivity index (χ0v) is 17.6. The van der Waals surface area contributed by atoms with Gasteiger partial charge in [0.15, 0.2) is 9.84 Å². The molecular weight excluding hydrogens is 416 g/mol. The summed E-state index contributed by atoms with van der Waals surface area (Å²) in [6.45, 7) is 2.35. The van der Waals surface area contributed by atoms with Crippen LogP contribution in [0.25, 0.3) is 16.2 Å². The van der Waals surface area contributed by atoms with Crippen molar-refractivity contribution in [3.63, 3.8) is 0 Å². The molecule has 2 aromatic carbocycles. The number of fused-ring (bicyclic) bond motifs is 1. The van der Waals surface area contributed by atoms with E-state index < -0.39 is 9.84 Å². The highest BCUT2D eigenvalue weighted by Gasteiger charge is 2.12. The van der Waals surface area contributed by atoms with Crippen molar-refractivity contribution >= 4 is 42.9 Å². The molecule has 1 N–H and O–H groups in total. The normalized spacial score (nSPS) is 11.8. The fourth-order valence-corrected chi connectivity index (χ4v) is 4.81. The predicted molar refractivity (Wildman–Crippen MR) is 113 cm³/mol. The van der Waals surface area contributed by atoms with Gasteiger partial charge < -0.3 is 5.32 Å². The third-order valence-corrected chi connectivity index (χ3v) is 6.65. The van der Waals surface area contributed by atoms with Gasteiger partial charge in [-0.15, -0.1) is 5.10 Å². The lowest BCUT2D eigenvalue weighted by Gasteiger charge is -2.07. The van der Waals surface area contributed by atoms with Gasteiger partial charge in [0.2, 0.25) is 10.1 Å². The van der Waals surface area contributed by atoms with Crippen LogP contribution >= 0.6 is 22.9 Å². The number of halogens is 1. The molecule has 0 atom stereocenters. The number of aryl methyl sites for hydroxylation is 1. The van der Waals surface area contributed by atoms with Gasteiger partial charge in [0, 0.05) is 23.4 Å². The molecule has 0 aliphatic rings. The monoisotopic (exact) mass is 432 g/mol. The molecule has 0 bridgehead atoms. The first-order valence-electron chi connectivity index (χ1n) is 8.45. The molecule has 0 spiro atoms. The van der Waals surface area contributed by atoms with Gasteiger partial charge in [0.1, 0.15) is 0 Å². The van der Waals surface area contributed by atoms with Gasteiger partial charge in [-0.2, -0.15) is 0 Å². The van der Waals surface area contributed by atoms with Gasteiger partial charge in [0.25, 0.3) is 0 Å². The Bertz CT molecular complexity index is 1230. The van der Waals surface area contributed by atoms with Crippen molar-refractivity contribution in [1.29, 1.82) is 0 Å². The highest BCUT2D eigenvalue weighted by molar-refractivity contribution is 7.90. The van der Waals surface area contributed by atoms with Gasteiger partial charge in [-0.1, -0.05) is 47.2 Å². The third-order valence-electron chi connectivity index (χ3n) is 4.27. The van der Waals surface area contributed by atoms with Crippen LogP contribution in [0.4, 0.5) is 5.13 Å². The van der Waals surface area contributed by atoms with E-state index in [2.05, 4.69) is 15.4 Å². The molecule has 6 nitrogen and oxygen atoms in total. The molecule has 4 aromatic rings. The van der Waals surface area contributed by atoms with Crippen LogP contribution in [-0.2, 0) is 16.4 Å². The number of aromatic nitrogens is 3. The van der Waals surface area contributed by atoms with Crippen LogP contribution in [0.2, 0.25) is 5.02 Å². The standard InChI is InChI=1S/C19H17ClN4O2S2/c1-12-9-13(3-8-17(12)28(2,25)26)10-21-18-23-24-11-16(22-19(24)27-18)14-4-6-15(20)7-5-14/h3-9,11H,10H2,1-2H3,(H,21,23). The molecule has 0 unspecified atom stereocenters. The first kappa shape index (κ1) is 18.9. The SMILES string of the molecule is Cc1cc(CNc2nn3cc(-c4ccc(Cl)cc4)nc3s2)ccc1S(C)(=O)=O. The van der Waals surface area contributed by atoms with E-state index in [0.717, 1.165) is 32.5 Å². The van der Waals surface area contributed by atoms with Crippen molar-refractivity contribution in [2.45, 2.75) is 18.4 Å². The van der Waals surface area contributed by atoms with Crippen LogP contribution in [0.5, 0.6) is 0 Å². The van der Waals surface area contributed by atoms with Crippen molar-refractivity contribution < 1.29 is 8.42 Å². The number of rotatable bonds is 5. The maximum absolute atomic E-state index is 11.7. The molecular formula is C19H17ClN4O2S2.